The topological polar surface area (TPSA) is 66.9 Å². The lowest BCUT2D eigenvalue weighted by atomic mass is 10.0. The highest BCUT2D eigenvalue weighted by Crippen LogP contribution is 2.41. The zero-order chi connectivity index (χ0) is 22.3. The molecule has 6 nitrogen and oxygen atoms in total. The van der Waals surface area contributed by atoms with Crippen LogP contribution in [0.1, 0.15) is 41.7 Å². The molecule has 0 spiro atoms. The maximum atomic E-state index is 13.4. The summed E-state index contributed by atoms with van der Waals surface area (Å²) in [4.78, 5) is 16.8. The molecule has 0 radical (unpaired) electrons. The van der Waals surface area contributed by atoms with Gasteiger partial charge < -0.3 is 9.64 Å². The second-order valence-corrected chi connectivity index (χ2v) is 12.0. The Morgan fingerprint density at radius 3 is 2.56 bits per heavy atom. The SMILES string of the molecule is CC(c1ccc2c(c1)Cc1ccccc1S2)S(=O)(=O)N1CCN(C(=O)C2CCCO2)CC1. The van der Waals surface area contributed by atoms with Crippen LogP contribution in [0.15, 0.2) is 52.3 Å². The molecule has 0 aliphatic carbocycles. The summed E-state index contributed by atoms with van der Waals surface area (Å²) in [6, 6.07) is 14.4. The van der Waals surface area contributed by atoms with Gasteiger partial charge in [-0.25, -0.2) is 8.42 Å². The van der Waals surface area contributed by atoms with Crippen molar-refractivity contribution in [2.75, 3.05) is 32.8 Å². The van der Waals surface area contributed by atoms with Crippen LogP contribution in [0, 0.1) is 0 Å². The van der Waals surface area contributed by atoms with Crippen LogP contribution in [-0.4, -0.2) is 62.4 Å². The lowest BCUT2D eigenvalue weighted by Crippen LogP contribution is -2.53. The van der Waals surface area contributed by atoms with Gasteiger partial charge in [-0.2, -0.15) is 4.31 Å². The lowest BCUT2D eigenvalue weighted by Gasteiger charge is -2.36. The Kier molecular flexibility index (Phi) is 6.05. The molecule has 3 aliphatic rings. The summed E-state index contributed by atoms with van der Waals surface area (Å²) >= 11 is 1.74. The van der Waals surface area contributed by atoms with Crippen LogP contribution in [0.2, 0.25) is 0 Å². The van der Waals surface area contributed by atoms with E-state index in [1.54, 1.807) is 27.9 Å². The standard InChI is InChI=1S/C24H28N2O4S2/c1-17(18-8-9-23-20(15-18)16-19-5-2-3-7-22(19)31-23)32(28,29)26-12-10-25(11-13-26)24(27)21-6-4-14-30-21/h2-3,5,7-9,15,17,21H,4,6,10-14,16H2,1H3. The highest BCUT2D eigenvalue weighted by Gasteiger charge is 2.36. The molecule has 2 saturated heterocycles. The molecule has 0 aromatic heterocycles. The average Bonchev–Trinajstić information content (AvgIpc) is 3.36. The number of fused-ring (bicyclic) bond motifs is 2. The molecule has 2 atom stereocenters. The first kappa shape index (κ1) is 21.9. The van der Waals surface area contributed by atoms with E-state index in [1.807, 2.05) is 18.2 Å². The first-order chi connectivity index (χ1) is 15.4. The van der Waals surface area contributed by atoms with Crippen molar-refractivity contribution in [2.45, 2.75) is 47.3 Å². The zero-order valence-corrected chi connectivity index (χ0v) is 19.8. The van der Waals surface area contributed by atoms with Crippen molar-refractivity contribution in [2.24, 2.45) is 0 Å². The number of piperazine rings is 1. The van der Waals surface area contributed by atoms with Gasteiger partial charge in [-0.15, -0.1) is 0 Å². The van der Waals surface area contributed by atoms with Crippen molar-refractivity contribution < 1.29 is 17.9 Å². The van der Waals surface area contributed by atoms with Gasteiger partial charge in [0.25, 0.3) is 5.91 Å². The summed E-state index contributed by atoms with van der Waals surface area (Å²) in [5, 5.41) is -0.629. The molecule has 32 heavy (non-hydrogen) atoms. The van der Waals surface area contributed by atoms with Crippen LogP contribution in [0.3, 0.4) is 0 Å². The molecule has 170 valence electrons. The van der Waals surface area contributed by atoms with Gasteiger partial charge in [0.05, 0.1) is 5.25 Å². The number of rotatable bonds is 4. The van der Waals surface area contributed by atoms with E-state index in [-0.39, 0.29) is 12.0 Å². The van der Waals surface area contributed by atoms with Crippen LogP contribution in [0.25, 0.3) is 0 Å². The zero-order valence-electron chi connectivity index (χ0n) is 18.2. The molecular weight excluding hydrogens is 444 g/mol. The fourth-order valence-corrected chi connectivity index (χ4v) is 7.36. The van der Waals surface area contributed by atoms with Gasteiger partial charge in [-0.1, -0.05) is 42.1 Å². The minimum Gasteiger partial charge on any atom is -0.368 e. The Labute approximate surface area is 194 Å². The molecule has 0 saturated carbocycles. The fraction of sp³-hybridized carbons (Fsp3) is 0.458. The van der Waals surface area contributed by atoms with E-state index in [1.165, 1.54) is 20.9 Å². The molecule has 0 N–H and O–H groups in total. The fourth-order valence-electron chi connectivity index (χ4n) is 4.70. The Morgan fingerprint density at radius 1 is 1.06 bits per heavy atom. The highest BCUT2D eigenvalue weighted by atomic mass is 32.2. The molecule has 2 fully saturated rings. The summed E-state index contributed by atoms with van der Waals surface area (Å²) in [7, 11) is -3.51. The first-order valence-electron chi connectivity index (χ1n) is 11.2. The Hall–Kier alpha value is -1.87. The minimum absolute atomic E-state index is 0.0000602. The first-order valence-corrected chi connectivity index (χ1v) is 13.5. The number of hydrogen-bond acceptors (Lipinski definition) is 5. The number of amides is 1. The van der Waals surface area contributed by atoms with E-state index < -0.39 is 15.3 Å². The average molecular weight is 473 g/mol. The second-order valence-electron chi connectivity index (χ2n) is 8.67. The van der Waals surface area contributed by atoms with Gasteiger partial charge in [0, 0.05) is 42.6 Å². The maximum Gasteiger partial charge on any atom is 0.251 e. The van der Waals surface area contributed by atoms with Crippen LogP contribution < -0.4 is 0 Å². The number of carbonyl (C=O) groups is 1. The number of hydrogen-bond donors (Lipinski definition) is 0. The molecule has 2 unspecified atom stereocenters. The van der Waals surface area contributed by atoms with Crippen molar-refractivity contribution in [3.8, 4) is 0 Å². The summed E-state index contributed by atoms with van der Waals surface area (Å²) in [5.41, 5.74) is 3.28. The molecule has 3 heterocycles. The van der Waals surface area contributed by atoms with Crippen molar-refractivity contribution in [1.82, 2.24) is 9.21 Å². The molecule has 2 aromatic rings. The lowest BCUT2D eigenvalue weighted by molar-refractivity contribution is -0.142. The number of sulfonamides is 1. The van der Waals surface area contributed by atoms with Crippen LogP contribution in [0.4, 0.5) is 0 Å². The quantitative estimate of drug-likeness (QED) is 0.582. The van der Waals surface area contributed by atoms with Crippen molar-refractivity contribution >= 4 is 27.7 Å². The largest absolute Gasteiger partial charge is 0.368 e. The highest BCUT2D eigenvalue weighted by molar-refractivity contribution is 7.99. The molecule has 3 aliphatic heterocycles. The number of ether oxygens (including phenoxy) is 1. The smallest absolute Gasteiger partial charge is 0.251 e. The van der Waals surface area contributed by atoms with Gasteiger partial charge in [0.1, 0.15) is 6.10 Å². The molecule has 2 aromatic carbocycles. The molecule has 5 rings (SSSR count). The van der Waals surface area contributed by atoms with E-state index in [0.717, 1.165) is 24.8 Å². The Balaban J connectivity index is 1.27. The second kappa shape index (κ2) is 8.82. The van der Waals surface area contributed by atoms with E-state index in [0.29, 0.717) is 32.8 Å². The van der Waals surface area contributed by atoms with Gasteiger partial charge in [-0.3, -0.25) is 4.79 Å². The number of nitrogens with zero attached hydrogens (tertiary/aromatic N) is 2. The maximum absolute atomic E-state index is 13.4. The number of benzene rings is 2. The third kappa shape index (κ3) is 4.09. The predicted octanol–water partition coefficient (Wildman–Crippen LogP) is 3.46. The third-order valence-corrected chi connectivity index (χ3v) is 10.2. The van der Waals surface area contributed by atoms with E-state index in [4.69, 9.17) is 4.74 Å². The molecular formula is C24H28N2O4S2. The summed E-state index contributed by atoms with van der Waals surface area (Å²) < 4.78 is 33.8. The van der Waals surface area contributed by atoms with E-state index in [9.17, 15) is 13.2 Å². The minimum atomic E-state index is -3.51. The number of carbonyl (C=O) groups excluding carboxylic acids is 1. The normalized spacial score (nSPS) is 22.3. The van der Waals surface area contributed by atoms with E-state index in [2.05, 4.69) is 24.3 Å². The molecule has 8 heteroatoms. The summed E-state index contributed by atoms with van der Waals surface area (Å²) in [6.07, 6.45) is 2.14. The summed E-state index contributed by atoms with van der Waals surface area (Å²) in [6.45, 7) is 3.90. The Morgan fingerprint density at radius 2 is 1.81 bits per heavy atom. The molecule has 1 amide bonds. The van der Waals surface area contributed by atoms with Crippen LogP contribution >= 0.6 is 11.8 Å². The van der Waals surface area contributed by atoms with E-state index >= 15 is 0 Å². The van der Waals surface area contributed by atoms with Crippen molar-refractivity contribution in [1.29, 1.82) is 0 Å². The van der Waals surface area contributed by atoms with Crippen molar-refractivity contribution in [3.05, 3.63) is 59.2 Å². The van der Waals surface area contributed by atoms with Gasteiger partial charge in [0.15, 0.2) is 0 Å². The molecule has 0 bridgehead atoms. The van der Waals surface area contributed by atoms with Gasteiger partial charge in [-0.05, 0) is 55.0 Å². The predicted molar refractivity (Wildman–Crippen MR) is 124 cm³/mol. The Bertz CT molecular complexity index is 1120. The van der Waals surface area contributed by atoms with Crippen LogP contribution in [0.5, 0.6) is 0 Å². The summed E-state index contributed by atoms with van der Waals surface area (Å²) in [5.74, 6) is 0.0000602. The third-order valence-electron chi connectivity index (χ3n) is 6.69. The van der Waals surface area contributed by atoms with Gasteiger partial charge >= 0.3 is 0 Å². The van der Waals surface area contributed by atoms with Crippen molar-refractivity contribution in [3.63, 3.8) is 0 Å². The monoisotopic (exact) mass is 472 g/mol. The van der Waals surface area contributed by atoms with Gasteiger partial charge in [0.2, 0.25) is 10.0 Å². The van der Waals surface area contributed by atoms with Crippen LogP contribution in [-0.2, 0) is 26.0 Å².